The van der Waals surface area contributed by atoms with Crippen LogP contribution in [0.4, 0.5) is 9.93 Å². The lowest BCUT2D eigenvalue weighted by Gasteiger charge is -2.49. The molecule has 2 atom stereocenters. The van der Waals surface area contributed by atoms with Gasteiger partial charge in [0.25, 0.3) is 11.8 Å². The molecule has 3 heterocycles. The van der Waals surface area contributed by atoms with Crippen molar-refractivity contribution in [2.45, 2.75) is 17.8 Å². The Kier molecular flexibility index (Phi) is 6.82. The average Bonchev–Trinajstić information content (AvgIpc) is 3.12. The molecule has 0 unspecified atom stereocenters. The third-order valence-electron chi connectivity index (χ3n) is 4.31. The highest BCUT2D eigenvalue weighted by molar-refractivity contribution is 8.00. The number of ether oxygens (including phenoxy) is 2. The van der Waals surface area contributed by atoms with Crippen molar-refractivity contribution in [3.05, 3.63) is 28.6 Å². The second kappa shape index (κ2) is 9.36. The number of hydrogen-bond donors (Lipinski definition) is 4. The number of thioether (sulfide) groups is 1. The SMILES string of the molecule is COCC1=C(OC(=O)O)N2C(=O)[C@@H](NC(=O)C(=CCC(=O)O)c3csc(N)n3)[C@@H]2SC1. The Morgan fingerprint density at radius 1 is 1.42 bits per heavy atom. The van der Waals surface area contributed by atoms with Crippen LogP contribution in [0, 0.1) is 0 Å². The summed E-state index contributed by atoms with van der Waals surface area (Å²) < 4.78 is 9.83. The van der Waals surface area contributed by atoms with Gasteiger partial charge in [-0.3, -0.25) is 19.3 Å². The number of amides is 2. The van der Waals surface area contributed by atoms with Gasteiger partial charge in [-0.05, 0) is 0 Å². The Morgan fingerprint density at radius 3 is 2.74 bits per heavy atom. The van der Waals surface area contributed by atoms with Gasteiger partial charge in [0.1, 0.15) is 11.4 Å². The van der Waals surface area contributed by atoms with Gasteiger partial charge in [-0.15, -0.1) is 23.1 Å². The van der Waals surface area contributed by atoms with Crippen LogP contribution in [0.15, 0.2) is 22.9 Å². The molecule has 14 heteroatoms. The summed E-state index contributed by atoms with van der Waals surface area (Å²) >= 11 is 2.39. The number of hydrogen-bond acceptors (Lipinski definition) is 10. The van der Waals surface area contributed by atoms with E-state index < -0.39 is 41.8 Å². The second-order valence-corrected chi connectivity index (χ2v) is 8.35. The van der Waals surface area contributed by atoms with E-state index in [1.54, 1.807) is 0 Å². The summed E-state index contributed by atoms with van der Waals surface area (Å²) in [7, 11) is 1.43. The molecule has 31 heavy (non-hydrogen) atoms. The number of fused-ring (bicyclic) bond motifs is 1. The minimum Gasteiger partial charge on any atom is -0.481 e. The van der Waals surface area contributed by atoms with E-state index in [1.165, 1.54) is 30.3 Å². The number of anilines is 1. The molecule has 2 aliphatic heterocycles. The maximum atomic E-state index is 12.8. The van der Waals surface area contributed by atoms with Crippen molar-refractivity contribution in [3.8, 4) is 0 Å². The molecular formula is C17H18N4O8S2. The van der Waals surface area contributed by atoms with Crippen LogP contribution in [-0.2, 0) is 23.9 Å². The molecule has 3 rings (SSSR count). The zero-order valence-electron chi connectivity index (χ0n) is 16.1. The van der Waals surface area contributed by atoms with Crippen LogP contribution < -0.4 is 11.1 Å². The number of rotatable bonds is 8. The highest BCUT2D eigenvalue weighted by Gasteiger charge is 2.54. The lowest BCUT2D eigenvalue weighted by Crippen LogP contribution is -2.70. The molecule has 0 radical (unpaired) electrons. The fraction of sp³-hybridized carbons (Fsp3) is 0.353. The van der Waals surface area contributed by atoms with Crippen molar-refractivity contribution in [2.24, 2.45) is 0 Å². The summed E-state index contributed by atoms with van der Waals surface area (Å²) in [5.74, 6) is -2.19. The van der Waals surface area contributed by atoms with Crippen LogP contribution in [-0.4, -0.2) is 74.9 Å². The predicted octanol–water partition coefficient (Wildman–Crippen LogP) is 0.536. The quantitative estimate of drug-likeness (QED) is 0.236. The summed E-state index contributed by atoms with van der Waals surface area (Å²) in [4.78, 5) is 52.7. The van der Waals surface area contributed by atoms with E-state index in [9.17, 15) is 19.2 Å². The van der Waals surface area contributed by atoms with Crippen molar-refractivity contribution in [1.82, 2.24) is 15.2 Å². The van der Waals surface area contributed by atoms with E-state index in [1.807, 2.05) is 0 Å². The standard InChI is InChI=1S/C17H18N4O8S2/c1-28-4-7-5-30-15-11(13(25)21(15)14(7)29-17(26)27)20-12(24)8(2-3-10(22)23)9-6-31-16(18)19-9/h2,6,11,15H,3-5H2,1H3,(H2,18,19)(H,20,24)(H,22,23)(H,26,27)/t11-,15+/m1/s1. The number of carbonyl (C=O) groups excluding carboxylic acids is 2. The topological polar surface area (TPSA) is 181 Å². The van der Waals surface area contributed by atoms with Crippen LogP contribution >= 0.6 is 23.1 Å². The van der Waals surface area contributed by atoms with Gasteiger partial charge in [-0.1, -0.05) is 6.08 Å². The van der Waals surface area contributed by atoms with Crippen LogP contribution in [0.5, 0.6) is 0 Å². The summed E-state index contributed by atoms with van der Waals surface area (Å²) in [5.41, 5.74) is 6.26. The van der Waals surface area contributed by atoms with E-state index in [0.717, 1.165) is 16.2 Å². The largest absolute Gasteiger partial charge is 0.512 e. The number of methoxy groups -OCH3 is 1. The number of β-lactam (4-membered cyclic amide) rings is 1. The number of aromatic nitrogens is 1. The molecule has 0 aromatic carbocycles. The molecule has 0 spiro atoms. The summed E-state index contributed by atoms with van der Waals surface area (Å²) in [6, 6.07) is -0.960. The van der Waals surface area contributed by atoms with Crippen LogP contribution in [0.1, 0.15) is 12.1 Å². The highest BCUT2D eigenvalue weighted by Crippen LogP contribution is 2.41. The predicted molar refractivity (Wildman–Crippen MR) is 110 cm³/mol. The molecule has 2 aliphatic rings. The van der Waals surface area contributed by atoms with Gasteiger partial charge in [-0.2, -0.15) is 0 Å². The molecule has 1 saturated heterocycles. The number of carbonyl (C=O) groups is 4. The van der Waals surface area contributed by atoms with Gasteiger partial charge in [0.05, 0.1) is 24.3 Å². The number of nitrogens with zero attached hydrogens (tertiary/aromatic N) is 2. The van der Waals surface area contributed by atoms with Gasteiger partial charge < -0.3 is 30.7 Å². The van der Waals surface area contributed by atoms with Gasteiger partial charge >= 0.3 is 12.1 Å². The van der Waals surface area contributed by atoms with Gasteiger partial charge in [0.15, 0.2) is 5.13 Å². The first-order valence-electron chi connectivity index (χ1n) is 8.73. The third kappa shape index (κ3) is 4.81. The summed E-state index contributed by atoms with van der Waals surface area (Å²) in [5, 5.41) is 21.6. The molecule has 166 valence electrons. The minimum absolute atomic E-state index is 0.0277. The zero-order valence-corrected chi connectivity index (χ0v) is 17.7. The van der Waals surface area contributed by atoms with Crippen LogP contribution in [0.2, 0.25) is 0 Å². The molecule has 2 amide bonds. The Balaban J connectivity index is 1.79. The maximum absolute atomic E-state index is 12.8. The van der Waals surface area contributed by atoms with E-state index in [2.05, 4.69) is 10.3 Å². The number of carboxylic acids is 1. The van der Waals surface area contributed by atoms with Gasteiger partial charge in [0.2, 0.25) is 5.88 Å². The smallest absolute Gasteiger partial charge is 0.481 e. The van der Waals surface area contributed by atoms with Crippen molar-refractivity contribution in [1.29, 1.82) is 0 Å². The molecular weight excluding hydrogens is 452 g/mol. The number of nitrogen functional groups attached to an aromatic ring is 1. The normalized spacial score (nSPS) is 20.7. The lowest BCUT2D eigenvalue weighted by atomic mass is 10.0. The lowest BCUT2D eigenvalue weighted by molar-refractivity contribution is -0.148. The first-order chi connectivity index (χ1) is 14.7. The van der Waals surface area contributed by atoms with Crippen LogP contribution in [0.25, 0.3) is 5.57 Å². The fourth-order valence-electron chi connectivity index (χ4n) is 3.02. The summed E-state index contributed by atoms with van der Waals surface area (Å²) in [6.45, 7) is 0.0798. The van der Waals surface area contributed by atoms with E-state index >= 15 is 0 Å². The number of aliphatic carboxylic acids is 1. The Morgan fingerprint density at radius 2 is 2.16 bits per heavy atom. The third-order valence-corrected chi connectivity index (χ3v) is 6.32. The van der Waals surface area contributed by atoms with Crippen molar-refractivity contribution < 1.29 is 38.9 Å². The number of thiazole rings is 1. The summed E-state index contributed by atoms with van der Waals surface area (Å²) in [6.07, 6.45) is -0.811. The molecule has 0 aliphatic carbocycles. The number of nitrogens with two attached hydrogens (primary N) is 1. The minimum atomic E-state index is -1.57. The molecule has 12 nitrogen and oxygen atoms in total. The number of nitrogens with one attached hydrogen (secondary N) is 1. The van der Waals surface area contributed by atoms with Gasteiger partial charge in [-0.25, -0.2) is 9.78 Å². The Bertz CT molecular complexity index is 989. The van der Waals surface area contributed by atoms with E-state index in [-0.39, 0.29) is 28.9 Å². The monoisotopic (exact) mass is 470 g/mol. The second-order valence-electron chi connectivity index (χ2n) is 6.36. The van der Waals surface area contributed by atoms with Crippen molar-refractivity contribution in [3.63, 3.8) is 0 Å². The highest BCUT2D eigenvalue weighted by atomic mass is 32.2. The Labute approximate surface area is 183 Å². The molecule has 0 saturated carbocycles. The molecule has 1 fully saturated rings. The molecule has 0 bridgehead atoms. The molecule has 5 N–H and O–H groups in total. The Hall–Kier alpha value is -3.10. The van der Waals surface area contributed by atoms with Crippen molar-refractivity contribution in [2.75, 3.05) is 25.2 Å². The van der Waals surface area contributed by atoms with Gasteiger partial charge in [0, 0.05) is 23.8 Å². The zero-order chi connectivity index (χ0) is 22.7. The van der Waals surface area contributed by atoms with E-state index in [4.69, 9.17) is 25.4 Å². The molecule has 1 aromatic rings. The van der Waals surface area contributed by atoms with Crippen molar-refractivity contribution >= 4 is 57.7 Å². The molecule has 1 aromatic heterocycles. The first kappa shape index (κ1) is 22.6. The fourth-order valence-corrected chi connectivity index (χ4v) is 4.88. The maximum Gasteiger partial charge on any atom is 0.512 e. The van der Waals surface area contributed by atoms with E-state index in [0.29, 0.717) is 11.3 Å². The average molecular weight is 470 g/mol. The first-order valence-corrected chi connectivity index (χ1v) is 10.7. The number of carboxylic acid groups (broad SMARTS) is 2. The van der Waals surface area contributed by atoms with Crippen LogP contribution in [0.3, 0.4) is 0 Å².